The number of nitrogens with one attached hydrogen (secondary N) is 2. The van der Waals surface area contributed by atoms with Crippen molar-refractivity contribution in [3.63, 3.8) is 0 Å². The Morgan fingerprint density at radius 1 is 1.11 bits per heavy atom. The van der Waals surface area contributed by atoms with Gasteiger partial charge >= 0.3 is 0 Å². The van der Waals surface area contributed by atoms with Crippen molar-refractivity contribution in [1.82, 2.24) is 10.3 Å². The minimum absolute atomic E-state index is 0.400. The Morgan fingerprint density at radius 3 is 2.81 bits per heavy atom. The second kappa shape index (κ2) is 8.24. The van der Waals surface area contributed by atoms with E-state index in [1.54, 1.807) is 0 Å². The van der Waals surface area contributed by atoms with E-state index in [9.17, 15) is 4.21 Å². The molecule has 1 aromatic heterocycles. The Morgan fingerprint density at radius 2 is 1.93 bits per heavy atom. The summed E-state index contributed by atoms with van der Waals surface area (Å²) in [5, 5.41) is 4.75. The van der Waals surface area contributed by atoms with Crippen LogP contribution in [0.4, 0.5) is 0 Å². The average Bonchev–Trinajstić information content (AvgIpc) is 3.10. The summed E-state index contributed by atoms with van der Waals surface area (Å²) in [5.41, 5.74) is 6.36. The van der Waals surface area contributed by atoms with Crippen LogP contribution >= 0.6 is 0 Å². The number of fused-ring (bicyclic) bond motifs is 1. The van der Waals surface area contributed by atoms with E-state index in [0.717, 1.165) is 36.2 Å². The van der Waals surface area contributed by atoms with Crippen LogP contribution in [0.5, 0.6) is 0 Å². The zero-order valence-corrected chi connectivity index (χ0v) is 16.5. The molecular formula is C23H26N2OS. The number of benzene rings is 2. The molecule has 3 nitrogen and oxygen atoms in total. The number of hydrogen-bond donors (Lipinski definition) is 2. The summed E-state index contributed by atoms with van der Waals surface area (Å²) in [6, 6.07) is 17.2. The van der Waals surface area contributed by atoms with Gasteiger partial charge in [0.05, 0.1) is 5.75 Å². The molecule has 140 valence electrons. The maximum Gasteiger partial charge on any atom is 0.0506 e. The van der Waals surface area contributed by atoms with E-state index in [1.165, 1.54) is 22.1 Å². The number of aryl methyl sites for hydroxylation is 1. The van der Waals surface area contributed by atoms with Gasteiger partial charge in [0.25, 0.3) is 0 Å². The smallest absolute Gasteiger partial charge is 0.0506 e. The van der Waals surface area contributed by atoms with E-state index in [1.807, 2.05) is 18.3 Å². The average molecular weight is 379 g/mol. The third kappa shape index (κ3) is 4.23. The molecule has 4 heteroatoms. The number of rotatable bonds is 6. The van der Waals surface area contributed by atoms with Gasteiger partial charge in [-0.1, -0.05) is 48.5 Å². The van der Waals surface area contributed by atoms with Crippen LogP contribution in [0.15, 0.2) is 60.8 Å². The van der Waals surface area contributed by atoms with E-state index >= 15 is 0 Å². The third-order valence-electron chi connectivity index (χ3n) is 5.40. The minimum Gasteiger partial charge on any atom is -0.361 e. The van der Waals surface area contributed by atoms with Crippen molar-refractivity contribution in [2.24, 2.45) is 0 Å². The molecule has 0 fully saturated rings. The normalized spacial score (nSPS) is 18.4. The summed E-state index contributed by atoms with van der Waals surface area (Å²) in [5.74, 6) is 1.36. The molecule has 0 spiro atoms. The second-order valence-electron chi connectivity index (χ2n) is 7.29. The molecule has 2 atom stereocenters. The highest BCUT2D eigenvalue weighted by atomic mass is 32.2. The van der Waals surface area contributed by atoms with Crippen molar-refractivity contribution in [3.8, 4) is 0 Å². The van der Waals surface area contributed by atoms with Gasteiger partial charge in [-0.2, -0.15) is 0 Å². The summed E-state index contributed by atoms with van der Waals surface area (Å²) in [6.07, 6.45) is 6.25. The van der Waals surface area contributed by atoms with Gasteiger partial charge in [0.2, 0.25) is 0 Å². The fourth-order valence-corrected chi connectivity index (χ4v) is 5.17. The molecule has 0 amide bonds. The van der Waals surface area contributed by atoms with E-state index in [4.69, 9.17) is 0 Å². The van der Waals surface area contributed by atoms with Gasteiger partial charge in [0, 0.05) is 46.2 Å². The second-order valence-corrected chi connectivity index (χ2v) is 8.87. The van der Waals surface area contributed by atoms with Crippen LogP contribution in [0.25, 0.3) is 16.5 Å². The van der Waals surface area contributed by atoms with Crippen LogP contribution < -0.4 is 5.32 Å². The standard InChI is InChI=1S/C23H26N2OS/c1-17-6-2-3-7-21(17)18-10-12-24-20(14-18)11-13-27(26)16-19-15-25-23-9-5-4-8-22(19)23/h2-10,15,20,24-25H,11-14,16H2,1H3. The van der Waals surface area contributed by atoms with Crippen molar-refractivity contribution >= 4 is 27.3 Å². The first kappa shape index (κ1) is 18.2. The maximum atomic E-state index is 12.7. The third-order valence-corrected chi connectivity index (χ3v) is 6.72. The number of para-hydroxylation sites is 1. The van der Waals surface area contributed by atoms with Crippen LogP contribution in [0.3, 0.4) is 0 Å². The molecule has 0 saturated heterocycles. The molecule has 0 saturated carbocycles. The first-order chi connectivity index (χ1) is 13.2. The fraction of sp³-hybridized carbons (Fsp3) is 0.304. The molecule has 2 heterocycles. The summed E-state index contributed by atoms with van der Waals surface area (Å²) < 4.78 is 12.7. The topological polar surface area (TPSA) is 44.9 Å². The van der Waals surface area contributed by atoms with Crippen molar-refractivity contribution in [2.75, 3.05) is 12.3 Å². The Bertz CT molecular complexity index is 989. The quantitative estimate of drug-likeness (QED) is 0.660. The molecule has 2 aromatic carbocycles. The lowest BCUT2D eigenvalue weighted by molar-refractivity contribution is 0.522. The van der Waals surface area contributed by atoms with Gasteiger partial charge < -0.3 is 10.3 Å². The minimum atomic E-state index is -0.847. The number of aromatic amines is 1. The first-order valence-corrected chi connectivity index (χ1v) is 11.1. The number of hydrogen-bond acceptors (Lipinski definition) is 2. The molecule has 2 N–H and O–H groups in total. The highest BCUT2D eigenvalue weighted by molar-refractivity contribution is 7.84. The predicted molar refractivity (Wildman–Crippen MR) is 115 cm³/mol. The van der Waals surface area contributed by atoms with Gasteiger partial charge in [-0.25, -0.2) is 0 Å². The van der Waals surface area contributed by atoms with Gasteiger partial charge in [0.1, 0.15) is 0 Å². The molecule has 0 radical (unpaired) electrons. The summed E-state index contributed by atoms with van der Waals surface area (Å²) >= 11 is 0. The van der Waals surface area contributed by atoms with Gasteiger partial charge in [-0.05, 0) is 48.1 Å². The monoisotopic (exact) mass is 378 g/mol. The zero-order valence-electron chi connectivity index (χ0n) is 15.7. The molecule has 0 aliphatic carbocycles. The van der Waals surface area contributed by atoms with Crippen LogP contribution in [-0.4, -0.2) is 27.5 Å². The largest absolute Gasteiger partial charge is 0.361 e. The highest BCUT2D eigenvalue weighted by Crippen LogP contribution is 2.26. The Balaban J connectivity index is 1.34. The Labute approximate surface area is 163 Å². The van der Waals surface area contributed by atoms with Gasteiger partial charge in [0.15, 0.2) is 0 Å². The summed E-state index contributed by atoms with van der Waals surface area (Å²) in [6.45, 7) is 3.06. The molecule has 1 aliphatic rings. The summed E-state index contributed by atoms with van der Waals surface area (Å²) in [4.78, 5) is 3.27. The number of aromatic nitrogens is 1. The lowest BCUT2D eigenvalue weighted by Crippen LogP contribution is -2.34. The van der Waals surface area contributed by atoms with E-state index < -0.39 is 10.8 Å². The fourth-order valence-electron chi connectivity index (χ4n) is 3.90. The van der Waals surface area contributed by atoms with Crippen molar-refractivity contribution < 1.29 is 4.21 Å². The predicted octanol–water partition coefficient (Wildman–Crippen LogP) is 4.56. The molecule has 27 heavy (non-hydrogen) atoms. The highest BCUT2D eigenvalue weighted by Gasteiger charge is 2.18. The molecular weight excluding hydrogens is 352 g/mol. The Hall–Kier alpha value is -2.17. The van der Waals surface area contributed by atoms with Crippen molar-refractivity contribution in [1.29, 1.82) is 0 Å². The molecule has 0 bridgehead atoms. The van der Waals surface area contributed by atoms with E-state index in [2.05, 4.69) is 59.7 Å². The SMILES string of the molecule is Cc1ccccc1C1=CCNC(CCS(=O)Cc2c[nH]c3ccccc23)C1. The molecule has 4 rings (SSSR count). The summed E-state index contributed by atoms with van der Waals surface area (Å²) in [7, 11) is -0.847. The maximum absolute atomic E-state index is 12.7. The van der Waals surface area contributed by atoms with Crippen LogP contribution in [0.2, 0.25) is 0 Å². The first-order valence-electron chi connectivity index (χ1n) is 9.59. The van der Waals surface area contributed by atoms with Crippen molar-refractivity contribution in [3.05, 3.63) is 77.5 Å². The van der Waals surface area contributed by atoms with E-state index in [0.29, 0.717) is 11.8 Å². The molecule has 1 aliphatic heterocycles. The Kier molecular flexibility index (Phi) is 5.55. The van der Waals surface area contributed by atoms with Crippen molar-refractivity contribution in [2.45, 2.75) is 31.6 Å². The molecule has 2 unspecified atom stereocenters. The number of H-pyrrole nitrogens is 1. The van der Waals surface area contributed by atoms with Gasteiger partial charge in [-0.3, -0.25) is 4.21 Å². The molecule has 3 aromatic rings. The zero-order chi connectivity index (χ0) is 18.6. The van der Waals surface area contributed by atoms with Crippen LogP contribution in [0.1, 0.15) is 29.5 Å². The van der Waals surface area contributed by atoms with Crippen LogP contribution in [0, 0.1) is 6.92 Å². The van der Waals surface area contributed by atoms with E-state index in [-0.39, 0.29) is 0 Å². The van der Waals surface area contributed by atoms with Crippen LogP contribution in [-0.2, 0) is 16.6 Å². The lowest BCUT2D eigenvalue weighted by atomic mass is 9.92. The van der Waals surface area contributed by atoms with Gasteiger partial charge in [-0.15, -0.1) is 0 Å². The lowest BCUT2D eigenvalue weighted by Gasteiger charge is -2.25.